The molecule has 1 heterocycles. The minimum atomic E-state index is 0.314. The molecule has 0 radical (unpaired) electrons. The zero-order valence-electron chi connectivity index (χ0n) is 6.14. The second-order valence-corrected chi connectivity index (χ2v) is 2.33. The van der Waals surface area contributed by atoms with Crippen LogP contribution >= 0.6 is 11.6 Å². The zero-order chi connectivity index (χ0) is 8.81. The molecule has 5 heteroatoms. The van der Waals surface area contributed by atoms with Crippen LogP contribution in [0.25, 0.3) is 16.5 Å². The molecule has 0 amide bonds. The highest BCUT2D eigenvalue weighted by atomic mass is 35.5. The van der Waals surface area contributed by atoms with E-state index in [0.717, 1.165) is 0 Å². The molecule has 12 heavy (non-hydrogen) atoms. The Morgan fingerprint density at radius 1 is 1.67 bits per heavy atom. The second-order valence-electron chi connectivity index (χ2n) is 1.96. The van der Waals surface area contributed by atoms with Gasteiger partial charge in [0.15, 0.2) is 5.22 Å². The van der Waals surface area contributed by atoms with Crippen LogP contribution in [-0.4, -0.2) is 6.54 Å². The third kappa shape index (κ3) is 2.70. The van der Waals surface area contributed by atoms with Crippen LogP contribution in [0.5, 0.6) is 0 Å². The van der Waals surface area contributed by atoms with Crippen LogP contribution in [0.2, 0.25) is 5.22 Å². The van der Waals surface area contributed by atoms with Gasteiger partial charge in [-0.15, -0.1) is 0 Å². The predicted molar refractivity (Wildman–Crippen MR) is 46.8 cm³/mol. The molecule has 1 aromatic heterocycles. The maximum absolute atomic E-state index is 7.95. The summed E-state index contributed by atoms with van der Waals surface area (Å²) in [6.45, 7) is 0.314. The maximum Gasteiger partial charge on any atom is 0.193 e. The molecule has 1 aromatic rings. The fourth-order valence-corrected chi connectivity index (χ4v) is 0.822. The SMILES string of the molecule is [N-]=[N+]=NCC=Cc1ccc(Cl)o1. The fraction of sp³-hybridized carbons (Fsp3) is 0.143. The first-order valence-corrected chi connectivity index (χ1v) is 3.63. The van der Waals surface area contributed by atoms with Crippen LogP contribution in [0, 0.1) is 0 Å². The Hall–Kier alpha value is -1.38. The minimum absolute atomic E-state index is 0.314. The zero-order valence-corrected chi connectivity index (χ0v) is 6.90. The van der Waals surface area contributed by atoms with Crippen molar-refractivity contribution in [2.75, 3.05) is 6.54 Å². The molecule has 0 unspecified atom stereocenters. The molecule has 0 aliphatic carbocycles. The summed E-state index contributed by atoms with van der Waals surface area (Å²) in [6, 6.07) is 3.38. The highest BCUT2D eigenvalue weighted by Gasteiger charge is 1.92. The van der Waals surface area contributed by atoms with Gasteiger partial charge in [-0.1, -0.05) is 11.2 Å². The van der Waals surface area contributed by atoms with Crippen molar-refractivity contribution in [2.24, 2.45) is 5.11 Å². The Kier molecular flexibility index (Phi) is 3.26. The van der Waals surface area contributed by atoms with Crippen LogP contribution < -0.4 is 0 Å². The monoisotopic (exact) mass is 183 g/mol. The number of furan rings is 1. The Morgan fingerprint density at radius 3 is 3.08 bits per heavy atom. The first-order valence-electron chi connectivity index (χ1n) is 3.25. The van der Waals surface area contributed by atoms with E-state index in [1.807, 2.05) is 0 Å². The van der Waals surface area contributed by atoms with Crippen LogP contribution in [-0.2, 0) is 0 Å². The lowest BCUT2D eigenvalue weighted by Crippen LogP contribution is -1.66. The smallest absolute Gasteiger partial charge is 0.193 e. The highest BCUT2D eigenvalue weighted by molar-refractivity contribution is 6.28. The number of azide groups is 1. The van der Waals surface area contributed by atoms with Crippen molar-refractivity contribution in [1.29, 1.82) is 0 Å². The molecule has 0 aliphatic heterocycles. The van der Waals surface area contributed by atoms with Crippen molar-refractivity contribution in [3.8, 4) is 0 Å². The molecule has 0 bridgehead atoms. The van der Waals surface area contributed by atoms with Crippen molar-refractivity contribution < 1.29 is 4.42 Å². The number of rotatable bonds is 3. The highest BCUT2D eigenvalue weighted by Crippen LogP contribution is 2.13. The molecular formula is C7H6ClN3O. The first-order chi connectivity index (χ1) is 5.83. The number of hydrogen-bond acceptors (Lipinski definition) is 2. The van der Waals surface area contributed by atoms with Crippen molar-refractivity contribution in [3.63, 3.8) is 0 Å². The predicted octanol–water partition coefficient (Wildman–Crippen LogP) is 3.26. The molecular weight excluding hydrogens is 178 g/mol. The van der Waals surface area contributed by atoms with Gasteiger partial charge >= 0.3 is 0 Å². The Balaban J connectivity index is 2.51. The van der Waals surface area contributed by atoms with E-state index in [1.54, 1.807) is 24.3 Å². The summed E-state index contributed by atoms with van der Waals surface area (Å²) in [5.74, 6) is 0.646. The van der Waals surface area contributed by atoms with Gasteiger partial charge in [0.2, 0.25) is 0 Å². The molecule has 0 fully saturated rings. The number of nitrogens with zero attached hydrogens (tertiary/aromatic N) is 3. The van der Waals surface area contributed by atoms with E-state index in [0.29, 0.717) is 17.5 Å². The van der Waals surface area contributed by atoms with E-state index >= 15 is 0 Å². The summed E-state index contributed by atoms with van der Waals surface area (Å²) in [6.07, 6.45) is 3.38. The lowest BCUT2D eigenvalue weighted by Gasteiger charge is -1.81. The van der Waals surface area contributed by atoms with Gasteiger partial charge in [0.25, 0.3) is 0 Å². The van der Waals surface area contributed by atoms with Crippen molar-refractivity contribution in [3.05, 3.63) is 39.6 Å². The number of hydrogen-bond donors (Lipinski definition) is 0. The standard InChI is InChI=1S/C7H6ClN3O/c8-7-4-3-6(12-7)2-1-5-10-11-9/h1-4H,5H2. The molecule has 0 aliphatic rings. The van der Waals surface area contributed by atoms with E-state index in [-0.39, 0.29) is 0 Å². The first kappa shape index (κ1) is 8.71. The van der Waals surface area contributed by atoms with Gasteiger partial charge in [-0.2, -0.15) is 0 Å². The van der Waals surface area contributed by atoms with Crippen LogP contribution in [0.15, 0.2) is 27.7 Å². The van der Waals surface area contributed by atoms with E-state index in [9.17, 15) is 0 Å². The fourth-order valence-electron chi connectivity index (χ4n) is 0.670. The van der Waals surface area contributed by atoms with Crippen LogP contribution in [0.3, 0.4) is 0 Å². The summed E-state index contributed by atoms with van der Waals surface area (Å²) in [7, 11) is 0. The van der Waals surface area contributed by atoms with Gasteiger partial charge in [-0.3, -0.25) is 0 Å². The van der Waals surface area contributed by atoms with Gasteiger partial charge < -0.3 is 4.42 Å². The third-order valence-corrected chi connectivity index (χ3v) is 1.33. The molecule has 0 spiro atoms. The van der Waals surface area contributed by atoms with Gasteiger partial charge in [0, 0.05) is 11.5 Å². The summed E-state index contributed by atoms with van der Waals surface area (Å²) in [5, 5.41) is 3.66. The Bertz CT molecular complexity index is 325. The summed E-state index contributed by atoms with van der Waals surface area (Å²) >= 11 is 5.52. The van der Waals surface area contributed by atoms with E-state index in [4.69, 9.17) is 21.5 Å². The molecule has 0 saturated carbocycles. The number of halogens is 1. The average Bonchev–Trinajstić information content (AvgIpc) is 2.45. The topological polar surface area (TPSA) is 61.9 Å². The maximum atomic E-state index is 7.95. The van der Waals surface area contributed by atoms with Crippen molar-refractivity contribution >= 4 is 17.7 Å². The normalized spacial score (nSPS) is 10.1. The van der Waals surface area contributed by atoms with Gasteiger partial charge in [-0.25, -0.2) is 0 Å². The van der Waals surface area contributed by atoms with Crippen molar-refractivity contribution in [2.45, 2.75) is 0 Å². The van der Waals surface area contributed by atoms with Gasteiger partial charge in [-0.05, 0) is 35.3 Å². The summed E-state index contributed by atoms with van der Waals surface area (Å²) < 4.78 is 5.01. The second kappa shape index (κ2) is 4.49. The molecule has 0 atom stereocenters. The largest absolute Gasteiger partial charge is 0.445 e. The quantitative estimate of drug-likeness (QED) is 0.403. The van der Waals surface area contributed by atoms with Gasteiger partial charge in [0.1, 0.15) is 5.76 Å². The Labute approximate surface area is 74.1 Å². The van der Waals surface area contributed by atoms with E-state index in [1.165, 1.54) is 0 Å². The lowest BCUT2D eigenvalue weighted by molar-refractivity contribution is 0.559. The van der Waals surface area contributed by atoms with E-state index < -0.39 is 0 Å². The third-order valence-electron chi connectivity index (χ3n) is 1.13. The average molecular weight is 184 g/mol. The molecule has 0 aromatic carbocycles. The van der Waals surface area contributed by atoms with Crippen molar-refractivity contribution in [1.82, 2.24) is 0 Å². The summed E-state index contributed by atoms with van der Waals surface area (Å²) in [4.78, 5) is 2.59. The van der Waals surface area contributed by atoms with Crippen LogP contribution in [0.1, 0.15) is 5.76 Å². The van der Waals surface area contributed by atoms with Crippen LogP contribution in [0.4, 0.5) is 0 Å². The summed E-state index contributed by atoms with van der Waals surface area (Å²) in [5.41, 5.74) is 7.95. The molecule has 0 N–H and O–H groups in total. The molecule has 62 valence electrons. The molecule has 1 rings (SSSR count). The van der Waals surface area contributed by atoms with Gasteiger partial charge in [0.05, 0.1) is 0 Å². The molecule has 4 nitrogen and oxygen atoms in total. The van der Waals surface area contributed by atoms with E-state index in [2.05, 4.69) is 10.0 Å². The minimum Gasteiger partial charge on any atom is -0.445 e. The lowest BCUT2D eigenvalue weighted by atomic mass is 10.4. The molecule has 0 saturated heterocycles. The Morgan fingerprint density at radius 2 is 2.50 bits per heavy atom.